The van der Waals surface area contributed by atoms with Crippen molar-refractivity contribution in [2.45, 2.75) is 13.1 Å². The van der Waals surface area contributed by atoms with Gasteiger partial charge >= 0.3 is 0 Å². The Morgan fingerprint density at radius 3 is 2.62 bits per heavy atom. The largest absolute Gasteiger partial charge is 0.364 e. The van der Waals surface area contributed by atoms with Gasteiger partial charge in [0.15, 0.2) is 5.82 Å². The van der Waals surface area contributed by atoms with Crippen molar-refractivity contribution >= 4 is 35.0 Å². The highest BCUT2D eigenvalue weighted by Crippen LogP contribution is 2.23. The molecule has 0 saturated carbocycles. The van der Waals surface area contributed by atoms with Crippen LogP contribution < -0.4 is 16.0 Å². The molecule has 12 heteroatoms. The van der Waals surface area contributed by atoms with Crippen molar-refractivity contribution in [1.29, 1.82) is 0 Å². The standard InChI is InChI=1S/C17H15ClF3N7O/c1-22-15(29)8-28-7-10(4-25-28)26-17-24-6-12(18)16(27-17)23-5-11-13(20)2-9(19)3-14(11)21/h2-4,6-7H,5,8H2,1H3,(H,22,29)(H2,23,24,26,27). The van der Waals surface area contributed by atoms with E-state index in [-0.39, 0.29) is 41.3 Å². The molecule has 2 heterocycles. The van der Waals surface area contributed by atoms with E-state index in [0.717, 1.165) is 0 Å². The molecule has 0 bridgehead atoms. The maximum Gasteiger partial charge on any atom is 0.241 e. The van der Waals surface area contributed by atoms with E-state index in [2.05, 4.69) is 31.0 Å². The number of rotatable bonds is 7. The summed E-state index contributed by atoms with van der Waals surface area (Å²) in [7, 11) is 1.52. The number of anilines is 3. The van der Waals surface area contributed by atoms with Crippen LogP contribution in [0.15, 0.2) is 30.7 Å². The van der Waals surface area contributed by atoms with Crippen molar-refractivity contribution in [3.05, 3.63) is 58.8 Å². The van der Waals surface area contributed by atoms with Gasteiger partial charge in [-0.25, -0.2) is 18.2 Å². The molecule has 29 heavy (non-hydrogen) atoms. The highest BCUT2D eigenvalue weighted by atomic mass is 35.5. The van der Waals surface area contributed by atoms with Gasteiger partial charge in [-0.15, -0.1) is 0 Å². The van der Waals surface area contributed by atoms with Gasteiger partial charge in [-0.1, -0.05) is 11.6 Å². The Balaban J connectivity index is 1.71. The molecule has 0 aliphatic rings. The second-order valence-corrected chi connectivity index (χ2v) is 6.22. The number of benzene rings is 1. The van der Waals surface area contributed by atoms with Crippen LogP contribution in [0.1, 0.15) is 5.56 Å². The molecule has 0 spiro atoms. The Morgan fingerprint density at radius 1 is 1.21 bits per heavy atom. The number of aromatic nitrogens is 4. The van der Waals surface area contributed by atoms with Crippen LogP contribution in [0.25, 0.3) is 0 Å². The van der Waals surface area contributed by atoms with Gasteiger partial charge in [-0.2, -0.15) is 10.1 Å². The molecule has 0 radical (unpaired) electrons. The Kier molecular flexibility index (Phi) is 6.17. The molecule has 0 fully saturated rings. The topological polar surface area (TPSA) is 96.8 Å². The number of carbonyl (C=O) groups excluding carboxylic acids is 1. The third-order valence-corrected chi connectivity index (χ3v) is 4.03. The number of nitrogens with zero attached hydrogens (tertiary/aromatic N) is 4. The molecule has 0 aliphatic carbocycles. The molecule has 8 nitrogen and oxygen atoms in total. The Hall–Kier alpha value is -3.34. The molecule has 0 unspecified atom stereocenters. The maximum atomic E-state index is 13.8. The van der Waals surface area contributed by atoms with Crippen LogP contribution >= 0.6 is 11.6 Å². The number of hydrogen-bond donors (Lipinski definition) is 3. The summed E-state index contributed by atoms with van der Waals surface area (Å²) in [5.74, 6) is -3.02. The van der Waals surface area contributed by atoms with Gasteiger partial charge in [-0.05, 0) is 0 Å². The van der Waals surface area contributed by atoms with Crippen molar-refractivity contribution in [3.63, 3.8) is 0 Å². The van der Waals surface area contributed by atoms with Crippen LogP contribution in [0.2, 0.25) is 5.02 Å². The first-order valence-corrected chi connectivity index (χ1v) is 8.63. The molecule has 2 aromatic heterocycles. The Bertz CT molecular complexity index is 1020. The normalized spacial score (nSPS) is 10.7. The van der Waals surface area contributed by atoms with Crippen LogP contribution in [-0.4, -0.2) is 32.7 Å². The van der Waals surface area contributed by atoms with E-state index >= 15 is 0 Å². The second kappa shape index (κ2) is 8.78. The van der Waals surface area contributed by atoms with Gasteiger partial charge in [-0.3, -0.25) is 9.48 Å². The maximum absolute atomic E-state index is 13.8. The molecule has 1 amide bonds. The summed E-state index contributed by atoms with van der Waals surface area (Å²) >= 11 is 6.02. The summed E-state index contributed by atoms with van der Waals surface area (Å²) in [5, 5.41) is 12.2. The lowest BCUT2D eigenvalue weighted by molar-refractivity contribution is -0.121. The van der Waals surface area contributed by atoms with Crippen molar-refractivity contribution in [2.75, 3.05) is 17.7 Å². The van der Waals surface area contributed by atoms with Crippen molar-refractivity contribution < 1.29 is 18.0 Å². The molecular weight excluding hydrogens is 411 g/mol. The summed E-state index contributed by atoms with van der Waals surface area (Å²) in [5.41, 5.74) is 0.156. The third-order valence-electron chi connectivity index (χ3n) is 3.76. The molecule has 152 valence electrons. The number of halogens is 4. The summed E-state index contributed by atoms with van der Waals surface area (Å²) in [6.45, 7) is -0.264. The third kappa shape index (κ3) is 5.13. The Morgan fingerprint density at radius 2 is 1.93 bits per heavy atom. The van der Waals surface area contributed by atoms with Crippen molar-refractivity contribution in [2.24, 2.45) is 0 Å². The zero-order valence-corrected chi connectivity index (χ0v) is 15.8. The molecule has 3 N–H and O–H groups in total. The van der Waals surface area contributed by atoms with Gasteiger partial charge < -0.3 is 16.0 Å². The minimum Gasteiger partial charge on any atom is -0.364 e. The van der Waals surface area contributed by atoms with Gasteiger partial charge in [0.1, 0.15) is 29.0 Å². The Labute approximate surface area is 168 Å². The minimum absolute atomic E-state index is 0.0429. The molecule has 3 rings (SSSR count). The average Bonchev–Trinajstić information content (AvgIpc) is 3.09. The van der Waals surface area contributed by atoms with Crippen molar-refractivity contribution in [3.8, 4) is 0 Å². The van der Waals surface area contributed by atoms with Gasteiger partial charge in [0, 0.05) is 37.5 Å². The number of nitrogens with one attached hydrogen (secondary N) is 3. The number of carbonyl (C=O) groups is 1. The van der Waals surface area contributed by atoms with E-state index in [4.69, 9.17) is 11.6 Å². The number of amides is 1. The molecule has 3 aromatic rings. The van der Waals surface area contributed by atoms with Crippen LogP contribution in [0.4, 0.5) is 30.6 Å². The lowest BCUT2D eigenvalue weighted by Crippen LogP contribution is -2.23. The first kappa shape index (κ1) is 20.4. The SMILES string of the molecule is CNC(=O)Cn1cc(Nc2ncc(Cl)c(NCc3c(F)cc(F)cc3F)n2)cn1. The highest BCUT2D eigenvalue weighted by molar-refractivity contribution is 6.32. The molecule has 0 saturated heterocycles. The van der Waals surface area contributed by atoms with E-state index in [1.807, 2.05) is 0 Å². The van der Waals surface area contributed by atoms with Crippen molar-refractivity contribution in [1.82, 2.24) is 25.1 Å². The van der Waals surface area contributed by atoms with E-state index in [0.29, 0.717) is 17.8 Å². The first-order valence-electron chi connectivity index (χ1n) is 8.25. The average molecular weight is 426 g/mol. The number of likely N-dealkylation sites (N-methyl/N-ethyl adjacent to an activating group) is 1. The van der Waals surface area contributed by atoms with E-state index in [1.54, 1.807) is 6.20 Å². The summed E-state index contributed by atoms with van der Waals surface area (Å²) in [6, 6.07) is 1.18. The van der Waals surface area contributed by atoms with Crippen LogP contribution in [0, 0.1) is 17.5 Å². The summed E-state index contributed by atoms with van der Waals surface area (Å²) < 4.78 is 41.9. The lowest BCUT2D eigenvalue weighted by Gasteiger charge is -2.10. The van der Waals surface area contributed by atoms with Crippen LogP contribution in [0.5, 0.6) is 0 Å². The fourth-order valence-corrected chi connectivity index (χ4v) is 2.49. The fraction of sp³-hybridized carbons (Fsp3) is 0.176. The highest BCUT2D eigenvalue weighted by Gasteiger charge is 2.13. The number of hydrogen-bond acceptors (Lipinski definition) is 6. The fourth-order valence-electron chi connectivity index (χ4n) is 2.33. The molecule has 0 atom stereocenters. The zero-order valence-electron chi connectivity index (χ0n) is 15.0. The van der Waals surface area contributed by atoms with E-state index < -0.39 is 17.5 Å². The van der Waals surface area contributed by atoms with E-state index in [1.165, 1.54) is 24.1 Å². The minimum atomic E-state index is -1.03. The predicted molar refractivity (Wildman–Crippen MR) is 100 cm³/mol. The molecule has 1 aromatic carbocycles. The van der Waals surface area contributed by atoms with Crippen LogP contribution in [0.3, 0.4) is 0 Å². The van der Waals surface area contributed by atoms with E-state index in [9.17, 15) is 18.0 Å². The first-order chi connectivity index (χ1) is 13.9. The molecule has 0 aliphatic heterocycles. The smallest absolute Gasteiger partial charge is 0.241 e. The van der Waals surface area contributed by atoms with Crippen LogP contribution in [-0.2, 0) is 17.9 Å². The zero-order chi connectivity index (χ0) is 21.0. The lowest BCUT2D eigenvalue weighted by atomic mass is 10.2. The van der Waals surface area contributed by atoms with Gasteiger partial charge in [0.05, 0.1) is 18.1 Å². The summed E-state index contributed by atoms with van der Waals surface area (Å²) in [6.07, 6.45) is 4.34. The second-order valence-electron chi connectivity index (χ2n) is 5.82. The monoisotopic (exact) mass is 425 g/mol. The molecular formula is C17H15ClF3N7O. The quantitative estimate of drug-likeness (QED) is 0.538. The summed E-state index contributed by atoms with van der Waals surface area (Å²) in [4.78, 5) is 19.5. The van der Waals surface area contributed by atoms with Gasteiger partial charge in [0.2, 0.25) is 11.9 Å². The van der Waals surface area contributed by atoms with Gasteiger partial charge in [0.25, 0.3) is 0 Å². The predicted octanol–water partition coefficient (Wildman–Crippen LogP) is 2.85.